The molecule has 0 radical (unpaired) electrons. The van der Waals surface area contributed by atoms with Crippen molar-refractivity contribution in [1.29, 1.82) is 0 Å². The molecule has 2 aromatic carbocycles. The van der Waals surface area contributed by atoms with Gasteiger partial charge in [-0.1, -0.05) is 31.2 Å². The molecule has 0 saturated carbocycles. The van der Waals surface area contributed by atoms with Crippen LogP contribution in [0.1, 0.15) is 6.92 Å². The second-order valence-electron chi connectivity index (χ2n) is 6.91. The monoisotopic (exact) mass is 380 g/mol. The molecule has 146 valence electrons. The molecule has 4 rings (SSSR count). The summed E-state index contributed by atoms with van der Waals surface area (Å²) in [5.41, 5.74) is 2.87. The van der Waals surface area contributed by atoms with Crippen LogP contribution in [0.25, 0.3) is 11.1 Å². The van der Waals surface area contributed by atoms with Crippen LogP contribution in [-0.2, 0) is 11.3 Å². The van der Waals surface area contributed by atoms with Crippen molar-refractivity contribution in [2.75, 3.05) is 42.9 Å². The number of nitrogens with zero attached hydrogens (tertiary/aromatic N) is 3. The van der Waals surface area contributed by atoms with Crippen molar-refractivity contribution in [3.63, 3.8) is 0 Å². The van der Waals surface area contributed by atoms with Crippen molar-refractivity contribution in [2.24, 2.45) is 0 Å². The van der Waals surface area contributed by atoms with Crippen molar-refractivity contribution < 1.29 is 9.21 Å². The van der Waals surface area contributed by atoms with Gasteiger partial charge in [0.05, 0.1) is 16.9 Å². The molecule has 0 spiro atoms. The number of amides is 1. The molecule has 28 heavy (non-hydrogen) atoms. The minimum Gasteiger partial charge on any atom is -0.408 e. The highest BCUT2D eigenvalue weighted by Gasteiger charge is 2.19. The highest BCUT2D eigenvalue weighted by molar-refractivity contribution is 5.94. The summed E-state index contributed by atoms with van der Waals surface area (Å²) >= 11 is 0. The number of hydrogen-bond acceptors (Lipinski definition) is 5. The summed E-state index contributed by atoms with van der Waals surface area (Å²) in [5, 5.41) is 2.97. The van der Waals surface area contributed by atoms with Gasteiger partial charge in [-0.25, -0.2) is 4.79 Å². The lowest BCUT2D eigenvalue weighted by Crippen LogP contribution is -2.46. The molecule has 1 aromatic heterocycles. The molecular formula is C21H24N4O3. The molecule has 3 aromatic rings. The highest BCUT2D eigenvalue weighted by Crippen LogP contribution is 2.26. The molecule has 0 unspecified atom stereocenters. The Morgan fingerprint density at radius 3 is 2.54 bits per heavy atom. The van der Waals surface area contributed by atoms with E-state index in [0.29, 0.717) is 11.1 Å². The number of benzene rings is 2. The highest BCUT2D eigenvalue weighted by atomic mass is 16.4. The van der Waals surface area contributed by atoms with E-state index in [1.165, 1.54) is 4.57 Å². The molecule has 1 aliphatic heterocycles. The third kappa shape index (κ3) is 3.66. The zero-order chi connectivity index (χ0) is 19.5. The van der Waals surface area contributed by atoms with Gasteiger partial charge in [0.25, 0.3) is 0 Å². The van der Waals surface area contributed by atoms with Crippen molar-refractivity contribution >= 4 is 28.4 Å². The standard InChI is InChI=1S/C21H24N4O3/c1-2-23-11-13-24(14-12-23)17-8-4-3-7-16(17)22-20(26)15-25-18-9-5-6-10-19(18)28-21(25)27/h3-10H,2,11-15H2,1H3,(H,22,26). The van der Waals surface area contributed by atoms with E-state index in [-0.39, 0.29) is 12.5 Å². The summed E-state index contributed by atoms with van der Waals surface area (Å²) in [6.07, 6.45) is 0. The van der Waals surface area contributed by atoms with Gasteiger partial charge in [0.1, 0.15) is 6.54 Å². The third-order valence-corrected chi connectivity index (χ3v) is 5.21. The van der Waals surface area contributed by atoms with Gasteiger partial charge >= 0.3 is 5.76 Å². The predicted octanol–water partition coefficient (Wildman–Crippen LogP) is 2.38. The molecule has 7 heteroatoms. The Morgan fingerprint density at radius 1 is 1.04 bits per heavy atom. The van der Waals surface area contributed by atoms with Crippen LogP contribution >= 0.6 is 0 Å². The normalized spacial score (nSPS) is 15.1. The van der Waals surface area contributed by atoms with Crippen molar-refractivity contribution in [3.05, 3.63) is 59.1 Å². The van der Waals surface area contributed by atoms with E-state index in [1.807, 2.05) is 30.3 Å². The van der Waals surface area contributed by atoms with E-state index < -0.39 is 5.76 Å². The van der Waals surface area contributed by atoms with Gasteiger partial charge in [0, 0.05) is 26.2 Å². The molecule has 0 bridgehead atoms. The second-order valence-corrected chi connectivity index (χ2v) is 6.91. The van der Waals surface area contributed by atoms with Gasteiger partial charge in [0.2, 0.25) is 5.91 Å². The Kier molecular flexibility index (Phi) is 5.16. The number of carbonyl (C=O) groups excluding carboxylic acids is 1. The number of aromatic nitrogens is 1. The average molecular weight is 380 g/mol. The van der Waals surface area contributed by atoms with Crippen LogP contribution in [-0.4, -0.2) is 48.1 Å². The van der Waals surface area contributed by atoms with Gasteiger partial charge in [-0.15, -0.1) is 0 Å². The second kappa shape index (κ2) is 7.90. The summed E-state index contributed by atoms with van der Waals surface area (Å²) in [6.45, 7) is 7.00. The van der Waals surface area contributed by atoms with Crippen LogP contribution in [0.4, 0.5) is 11.4 Å². The van der Waals surface area contributed by atoms with Crippen LogP contribution in [0.5, 0.6) is 0 Å². The summed E-state index contributed by atoms with van der Waals surface area (Å²) in [7, 11) is 0. The van der Waals surface area contributed by atoms with Crippen LogP contribution in [0.15, 0.2) is 57.7 Å². The molecule has 1 N–H and O–H groups in total. The topological polar surface area (TPSA) is 70.7 Å². The number of likely N-dealkylation sites (N-methyl/N-ethyl adjacent to an activating group) is 1. The zero-order valence-corrected chi connectivity index (χ0v) is 15.9. The maximum absolute atomic E-state index is 12.7. The number of anilines is 2. The molecular weight excluding hydrogens is 356 g/mol. The third-order valence-electron chi connectivity index (χ3n) is 5.21. The Morgan fingerprint density at radius 2 is 1.75 bits per heavy atom. The number of para-hydroxylation sites is 4. The number of piperazine rings is 1. The Labute approximate surface area is 163 Å². The minimum absolute atomic E-state index is 0.0895. The molecule has 1 fully saturated rings. The molecule has 0 aliphatic carbocycles. The average Bonchev–Trinajstić information content (AvgIpc) is 3.04. The van der Waals surface area contributed by atoms with E-state index >= 15 is 0 Å². The number of fused-ring (bicyclic) bond motifs is 1. The van der Waals surface area contributed by atoms with Gasteiger partial charge in [0.15, 0.2) is 5.58 Å². The van der Waals surface area contributed by atoms with Crippen molar-refractivity contribution in [1.82, 2.24) is 9.47 Å². The molecule has 1 aliphatic rings. The van der Waals surface area contributed by atoms with E-state index in [0.717, 1.165) is 44.1 Å². The zero-order valence-electron chi connectivity index (χ0n) is 15.9. The molecule has 1 amide bonds. The number of nitrogens with one attached hydrogen (secondary N) is 1. The van der Waals surface area contributed by atoms with E-state index in [1.54, 1.807) is 18.2 Å². The molecule has 1 saturated heterocycles. The fourth-order valence-electron chi connectivity index (χ4n) is 3.66. The van der Waals surface area contributed by atoms with E-state index in [4.69, 9.17) is 4.42 Å². The lowest BCUT2D eigenvalue weighted by molar-refractivity contribution is -0.116. The smallest absolute Gasteiger partial charge is 0.408 e. The maximum Gasteiger partial charge on any atom is 0.420 e. The Balaban J connectivity index is 1.51. The number of rotatable bonds is 5. The van der Waals surface area contributed by atoms with Crippen LogP contribution in [0.3, 0.4) is 0 Å². The number of hydrogen-bond donors (Lipinski definition) is 1. The van der Waals surface area contributed by atoms with Crippen molar-refractivity contribution in [3.8, 4) is 0 Å². The van der Waals surface area contributed by atoms with E-state index in [9.17, 15) is 9.59 Å². The van der Waals surface area contributed by atoms with Crippen molar-refractivity contribution in [2.45, 2.75) is 13.5 Å². The van der Waals surface area contributed by atoms with Gasteiger partial charge in [-0.05, 0) is 30.8 Å². The predicted molar refractivity (Wildman–Crippen MR) is 110 cm³/mol. The number of oxazole rings is 1. The van der Waals surface area contributed by atoms with Crippen LogP contribution in [0.2, 0.25) is 0 Å². The summed E-state index contributed by atoms with van der Waals surface area (Å²) < 4.78 is 6.56. The minimum atomic E-state index is -0.527. The fourth-order valence-corrected chi connectivity index (χ4v) is 3.66. The fraction of sp³-hybridized carbons (Fsp3) is 0.333. The van der Waals surface area contributed by atoms with Gasteiger partial charge < -0.3 is 19.5 Å². The van der Waals surface area contributed by atoms with E-state index in [2.05, 4.69) is 22.0 Å². The quantitative estimate of drug-likeness (QED) is 0.736. The lowest BCUT2D eigenvalue weighted by Gasteiger charge is -2.36. The van der Waals surface area contributed by atoms with Crippen LogP contribution < -0.4 is 16.0 Å². The first-order chi connectivity index (χ1) is 13.7. The first-order valence-corrected chi connectivity index (χ1v) is 9.60. The first kappa shape index (κ1) is 18.3. The number of carbonyl (C=O) groups is 1. The summed E-state index contributed by atoms with van der Waals surface area (Å²) in [4.78, 5) is 29.5. The van der Waals surface area contributed by atoms with Crippen LogP contribution in [0, 0.1) is 0 Å². The molecule has 2 heterocycles. The SMILES string of the molecule is CCN1CCN(c2ccccc2NC(=O)Cn2c(=O)oc3ccccc32)CC1. The Hall–Kier alpha value is -3.06. The molecule has 0 atom stereocenters. The Bertz CT molecular complexity index is 1030. The summed E-state index contributed by atoms with van der Waals surface area (Å²) in [6, 6.07) is 14.9. The van der Waals surface area contributed by atoms with Gasteiger partial charge in [-0.3, -0.25) is 9.36 Å². The maximum atomic E-state index is 12.7. The lowest BCUT2D eigenvalue weighted by atomic mass is 10.2. The largest absolute Gasteiger partial charge is 0.420 e. The van der Waals surface area contributed by atoms with Gasteiger partial charge in [-0.2, -0.15) is 0 Å². The first-order valence-electron chi connectivity index (χ1n) is 9.60. The molecule has 7 nitrogen and oxygen atoms in total. The summed E-state index contributed by atoms with van der Waals surface area (Å²) in [5.74, 6) is -0.784.